The third-order valence-corrected chi connectivity index (χ3v) is 4.74. The first-order chi connectivity index (χ1) is 12.1. The topological polar surface area (TPSA) is 126 Å². The van der Waals surface area contributed by atoms with E-state index in [4.69, 9.17) is 9.47 Å². The Morgan fingerprint density at radius 3 is 2.80 bits per heavy atom. The van der Waals surface area contributed by atoms with Gasteiger partial charge in [-0.3, -0.25) is 14.6 Å². The van der Waals surface area contributed by atoms with Gasteiger partial charge in [0.05, 0.1) is 5.25 Å². The zero-order valence-corrected chi connectivity index (χ0v) is 14.1. The van der Waals surface area contributed by atoms with Gasteiger partial charge in [-0.15, -0.1) is 0 Å². The SMILES string of the molecule is CC[C@H](Sc1n[nH]c(=O)[nH]c1=O)C(=O)Nc1ccc2c(c1)OCCO2. The molecule has 10 heteroatoms. The van der Waals surface area contributed by atoms with Gasteiger partial charge < -0.3 is 14.8 Å². The quantitative estimate of drug-likeness (QED) is 0.668. The van der Waals surface area contributed by atoms with Crippen LogP contribution in [0, 0.1) is 0 Å². The van der Waals surface area contributed by atoms with Gasteiger partial charge >= 0.3 is 5.69 Å². The van der Waals surface area contributed by atoms with Gasteiger partial charge in [0, 0.05) is 11.8 Å². The molecule has 0 unspecified atom stereocenters. The van der Waals surface area contributed by atoms with Crippen molar-refractivity contribution in [1.29, 1.82) is 0 Å². The number of amides is 1. The van der Waals surface area contributed by atoms with Gasteiger partial charge in [0.15, 0.2) is 16.5 Å². The van der Waals surface area contributed by atoms with Gasteiger partial charge in [0.25, 0.3) is 5.56 Å². The molecule has 0 saturated heterocycles. The summed E-state index contributed by atoms with van der Waals surface area (Å²) in [5.41, 5.74) is -0.751. The van der Waals surface area contributed by atoms with Gasteiger partial charge in [-0.1, -0.05) is 18.7 Å². The van der Waals surface area contributed by atoms with Crippen LogP contribution in [0.4, 0.5) is 5.69 Å². The molecule has 0 radical (unpaired) electrons. The molecule has 0 spiro atoms. The summed E-state index contributed by atoms with van der Waals surface area (Å²) in [7, 11) is 0. The number of hydrogen-bond donors (Lipinski definition) is 3. The monoisotopic (exact) mass is 364 g/mol. The molecule has 0 bridgehead atoms. The van der Waals surface area contributed by atoms with Crippen molar-refractivity contribution in [3.8, 4) is 11.5 Å². The van der Waals surface area contributed by atoms with Crippen LogP contribution in [0.3, 0.4) is 0 Å². The Hall–Kier alpha value is -2.75. The average Bonchev–Trinajstić information content (AvgIpc) is 2.61. The van der Waals surface area contributed by atoms with Crippen LogP contribution >= 0.6 is 11.8 Å². The third-order valence-electron chi connectivity index (χ3n) is 3.41. The first-order valence-electron chi connectivity index (χ1n) is 7.63. The molecule has 9 nitrogen and oxygen atoms in total. The summed E-state index contributed by atoms with van der Waals surface area (Å²) in [6.45, 7) is 2.77. The maximum Gasteiger partial charge on any atom is 0.342 e. The van der Waals surface area contributed by atoms with E-state index in [0.29, 0.717) is 36.8 Å². The number of thioether (sulfide) groups is 1. The molecule has 2 aromatic rings. The summed E-state index contributed by atoms with van der Waals surface area (Å²) >= 11 is 0.987. The fraction of sp³-hybridized carbons (Fsp3) is 0.333. The lowest BCUT2D eigenvalue weighted by Gasteiger charge is -2.19. The van der Waals surface area contributed by atoms with Crippen LogP contribution in [-0.2, 0) is 4.79 Å². The van der Waals surface area contributed by atoms with Crippen molar-refractivity contribution in [2.24, 2.45) is 0 Å². The normalized spacial score (nSPS) is 14.0. The van der Waals surface area contributed by atoms with Crippen molar-refractivity contribution in [3.63, 3.8) is 0 Å². The van der Waals surface area contributed by atoms with Gasteiger partial charge in [0.1, 0.15) is 13.2 Å². The number of aromatic nitrogens is 3. The minimum atomic E-state index is -0.692. The van der Waals surface area contributed by atoms with Crippen LogP contribution in [0.5, 0.6) is 11.5 Å². The predicted molar refractivity (Wildman–Crippen MR) is 91.5 cm³/mol. The molecule has 132 valence electrons. The second-order valence-electron chi connectivity index (χ2n) is 5.17. The van der Waals surface area contributed by atoms with Crippen LogP contribution in [0.15, 0.2) is 32.8 Å². The standard InChI is InChI=1S/C15H16N4O5S/c1-2-11(25-14-13(21)17-15(22)19-18-14)12(20)16-8-3-4-9-10(7-8)24-6-5-23-9/h3-4,7,11H,2,5-6H2,1H3,(H,16,20)(H2,17,19,21,22)/t11-/m0/s1. The molecule has 1 aromatic heterocycles. The molecule has 1 amide bonds. The Bertz CT molecular complexity index is 894. The number of H-pyrrole nitrogens is 2. The number of ether oxygens (including phenoxy) is 2. The van der Waals surface area contributed by atoms with Crippen molar-refractivity contribution < 1.29 is 14.3 Å². The lowest BCUT2D eigenvalue weighted by atomic mass is 10.2. The summed E-state index contributed by atoms with van der Waals surface area (Å²) in [6, 6.07) is 5.13. The van der Waals surface area contributed by atoms with Crippen molar-refractivity contribution in [2.45, 2.75) is 23.6 Å². The van der Waals surface area contributed by atoms with Crippen molar-refractivity contribution >= 4 is 23.4 Å². The maximum absolute atomic E-state index is 12.5. The number of hydrogen-bond acceptors (Lipinski definition) is 7. The lowest BCUT2D eigenvalue weighted by molar-refractivity contribution is -0.115. The van der Waals surface area contributed by atoms with Crippen LogP contribution in [0.25, 0.3) is 0 Å². The highest BCUT2D eigenvalue weighted by molar-refractivity contribution is 8.00. The highest BCUT2D eigenvalue weighted by Crippen LogP contribution is 2.33. The van der Waals surface area contributed by atoms with Gasteiger partial charge in [-0.25, -0.2) is 9.89 Å². The van der Waals surface area contributed by atoms with Crippen LogP contribution in [-0.4, -0.2) is 39.6 Å². The molecule has 3 N–H and O–H groups in total. The number of aromatic amines is 2. The van der Waals surface area contributed by atoms with Gasteiger partial charge in [0.2, 0.25) is 5.91 Å². The van der Waals surface area contributed by atoms with Crippen LogP contribution in [0.1, 0.15) is 13.3 Å². The van der Waals surface area contributed by atoms with E-state index >= 15 is 0 Å². The Morgan fingerprint density at radius 2 is 2.08 bits per heavy atom. The summed E-state index contributed by atoms with van der Waals surface area (Å²) < 4.78 is 10.9. The number of anilines is 1. The minimum absolute atomic E-state index is 0.0313. The maximum atomic E-state index is 12.5. The average molecular weight is 364 g/mol. The van der Waals surface area contributed by atoms with Gasteiger partial charge in [-0.05, 0) is 18.6 Å². The largest absolute Gasteiger partial charge is 0.486 e. The number of nitrogens with zero attached hydrogens (tertiary/aromatic N) is 1. The number of benzene rings is 1. The van der Waals surface area contributed by atoms with E-state index in [9.17, 15) is 14.4 Å². The Morgan fingerprint density at radius 1 is 1.32 bits per heavy atom. The fourth-order valence-corrected chi connectivity index (χ4v) is 3.08. The van der Waals surface area contributed by atoms with Crippen molar-refractivity contribution in [2.75, 3.05) is 18.5 Å². The number of rotatable bonds is 5. The summed E-state index contributed by atoms with van der Waals surface area (Å²) in [6.07, 6.45) is 0.474. The van der Waals surface area contributed by atoms with E-state index in [1.54, 1.807) is 18.2 Å². The lowest BCUT2D eigenvalue weighted by Crippen LogP contribution is -2.29. The molecule has 2 heterocycles. The molecule has 1 aliphatic rings. The highest BCUT2D eigenvalue weighted by Gasteiger charge is 2.21. The van der Waals surface area contributed by atoms with E-state index in [0.717, 1.165) is 11.8 Å². The van der Waals surface area contributed by atoms with Crippen LogP contribution in [0.2, 0.25) is 0 Å². The van der Waals surface area contributed by atoms with E-state index in [2.05, 4.69) is 20.5 Å². The molecular weight excluding hydrogens is 348 g/mol. The van der Waals surface area contributed by atoms with E-state index < -0.39 is 16.5 Å². The number of carbonyl (C=O) groups excluding carboxylic acids is 1. The predicted octanol–water partition coefficient (Wildman–Crippen LogP) is 0.739. The zero-order valence-electron chi connectivity index (χ0n) is 13.3. The summed E-state index contributed by atoms with van der Waals surface area (Å²) in [4.78, 5) is 37.3. The number of nitrogens with one attached hydrogen (secondary N) is 3. The second kappa shape index (κ2) is 7.43. The Labute approximate surface area is 146 Å². The van der Waals surface area contributed by atoms with E-state index in [1.165, 1.54) is 0 Å². The molecular formula is C15H16N4O5S. The minimum Gasteiger partial charge on any atom is -0.486 e. The second-order valence-corrected chi connectivity index (χ2v) is 6.37. The Kier molecular flexibility index (Phi) is 5.08. The van der Waals surface area contributed by atoms with E-state index in [-0.39, 0.29) is 10.9 Å². The zero-order chi connectivity index (χ0) is 17.8. The van der Waals surface area contributed by atoms with Crippen molar-refractivity contribution in [1.82, 2.24) is 15.2 Å². The van der Waals surface area contributed by atoms with Gasteiger partial charge in [-0.2, -0.15) is 5.10 Å². The fourth-order valence-electron chi connectivity index (χ4n) is 2.22. The Balaban J connectivity index is 1.72. The summed E-state index contributed by atoms with van der Waals surface area (Å²) in [5.74, 6) is 0.926. The summed E-state index contributed by atoms with van der Waals surface area (Å²) in [5, 5.41) is 8.10. The molecule has 3 rings (SSSR count). The first-order valence-corrected chi connectivity index (χ1v) is 8.51. The third kappa shape index (κ3) is 4.02. The molecule has 1 aliphatic heterocycles. The number of fused-ring (bicyclic) bond motifs is 1. The molecule has 0 aliphatic carbocycles. The molecule has 0 saturated carbocycles. The smallest absolute Gasteiger partial charge is 0.342 e. The number of carbonyl (C=O) groups is 1. The molecule has 1 aromatic carbocycles. The first kappa shape index (κ1) is 17.1. The molecule has 0 fully saturated rings. The molecule has 25 heavy (non-hydrogen) atoms. The molecule has 1 atom stereocenters. The van der Waals surface area contributed by atoms with Crippen molar-refractivity contribution in [3.05, 3.63) is 39.0 Å². The highest BCUT2D eigenvalue weighted by atomic mass is 32.2. The van der Waals surface area contributed by atoms with Crippen LogP contribution < -0.4 is 26.0 Å². The van der Waals surface area contributed by atoms with E-state index in [1.807, 2.05) is 6.92 Å².